The van der Waals surface area contributed by atoms with Crippen LogP contribution in [0.4, 0.5) is 4.79 Å². The average molecular weight is 186 g/mol. The molecule has 76 valence electrons. The third kappa shape index (κ3) is 2.59. The minimum absolute atomic E-state index is 0.0975. The predicted molar refractivity (Wildman–Crippen MR) is 50.5 cm³/mol. The lowest BCUT2D eigenvalue weighted by Gasteiger charge is -2.40. The van der Waals surface area contributed by atoms with Gasteiger partial charge in [0.2, 0.25) is 0 Å². The first-order chi connectivity index (χ1) is 6.15. The normalized spacial score (nSPS) is 17.0. The van der Waals surface area contributed by atoms with Crippen LogP contribution in [-0.4, -0.2) is 54.7 Å². The Hall–Kier alpha value is -0.770. The highest BCUT2D eigenvalue weighted by atomic mass is 16.3. The molecule has 1 fully saturated rings. The molecule has 0 bridgehead atoms. The van der Waals surface area contributed by atoms with Crippen molar-refractivity contribution >= 4 is 6.03 Å². The van der Waals surface area contributed by atoms with Crippen molar-refractivity contribution in [3.8, 4) is 0 Å². The highest BCUT2D eigenvalue weighted by Gasteiger charge is 2.30. The van der Waals surface area contributed by atoms with E-state index in [9.17, 15) is 4.79 Å². The van der Waals surface area contributed by atoms with Crippen LogP contribution in [0, 0.1) is 5.92 Å². The van der Waals surface area contributed by atoms with Crippen LogP contribution in [0.15, 0.2) is 0 Å². The fourth-order valence-electron chi connectivity index (χ4n) is 1.57. The van der Waals surface area contributed by atoms with Crippen LogP contribution in [0.25, 0.3) is 0 Å². The van der Waals surface area contributed by atoms with Gasteiger partial charge in [-0.2, -0.15) is 0 Å². The lowest BCUT2D eigenvalue weighted by molar-refractivity contribution is 0.0931. The van der Waals surface area contributed by atoms with E-state index in [0.717, 1.165) is 25.9 Å². The molecule has 13 heavy (non-hydrogen) atoms. The number of amides is 2. The van der Waals surface area contributed by atoms with Gasteiger partial charge in [0.25, 0.3) is 0 Å². The number of aliphatic hydroxyl groups excluding tert-OH is 1. The van der Waals surface area contributed by atoms with E-state index >= 15 is 0 Å². The standard InChI is InChI=1S/C9H18N2O2/c1-10(2)9(13)11-6-8(7-11)4-3-5-12/h8,12H,3-7H2,1-2H3. The smallest absolute Gasteiger partial charge is 0.319 e. The van der Waals surface area contributed by atoms with Crippen LogP contribution < -0.4 is 0 Å². The van der Waals surface area contributed by atoms with Crippen molar-refractivity contribution in [2.75, 3.05) is 33.8 Å². The Morgan fingerprint density at radius 1 is 1.54 bits per heavy atom. The second kappa shape index (κ2) is 4.46. The molecule has 0 unspecified atom stereocenters. The molecule has 2 amide bonds. The monoisotopic (exact) mass is 186 g/mol. The van der Waals surface area contributed by atoms with E-state index in [4.69, 9.17) is 5.11 Å². The summed E-state index contributed by atoms with van der Waals surface area (Å²) >= 11 is 0. The zero-order valence-electron chi connectivity index (χ0n) is 8.36. The molecule has 1 saturated heterocycles. The summed E-state index contributed by atoms with van der Waals surface area (Å²) in [5, 5.41) is 8.61. The predicted octanol–water partition coefficient (Wildman–Crippen LogP) is 0.372. The van der Waals surface area contributed by atoms with Gasteiger partial charge < -0.3 is 14.9 Å². The summed E-state index contributed by atoms with van der Waals surface area (Å²) < 4.78 is 0. The Kier molecular flexibility index (Phi) is 3.54. The second-order valence-electron chi connectivity index (χ2n) is 3.81. The highest BCUT2D eigenvalue weighted by molar-refractivity contribution is 5.74. The van der Waals surface area contributed by atoms with E-state index in [1.807, 2.05) is 4.90 Å². The van der Waals surface area contributed by atoms with Crippen molar-refractivity contribution in [3.63, 3.8) is 0 Å². The SMILES string of the molecule is CN(C)C(=O)N1CC(CCCO)C1. The quantitative estimate of drug-likeness (QED) is 0.692. The summed E-state index contributed by atoms with van der Waals surface area (Å²) in [6.07, 6.45) is 1.89. The van der Waals surface area contributed by atoms with Gasteiger partial charge in [0.15, 0.2) is 0 Å². The second-order valence-corrected chi connectivity index (χ2v) is 3.81. The Labute approximate surface area is 79.1 Å². The number of carbonyl (C=O) groups is 1. The number of nitrogens with zero attached hydrogens (tertiary/aromatic N) is 2. The molecule has 1 aliphatic heterocycles. The van der Waals surface area contributed by atoms with Crippen molar-refractivity contribution < 1.29 is 9.90 Å². The van der Waals surface area contributed by atoms with Crippen molar-refractivity contribution in [1.82, 2.24) is 9.80 Å². The third-order valence-electron chi connectivity index (χ3n) is 2.38. The van der Waals surface area contributed by atoms with Gasteiger partial charge in [0.1, 0.15) is 0 Å². The Bertz CT molecular complexity index is 176. The van der Waals surface area contributed by atoms with Crippen molar-refractivity contribution in [3.05, 3.63) is 0 Å². The van der Waals surface area contributed by atoms with Crippen LogP contribution in [0.3, 0.4) is 0 Å². The van der Waals surface area contributed by atoms with Crippen LogP contribution in [0.2, 0.25) is 0 Å². The summed E-state index contributed by atoms with van der Waals surface area (Å²) in [4.78, 5) is 14.8. The van der Waals surface area contributed by atoms with Crippen molar-refractivity contribution in [1.29, 1.82) is 0 Å². The summed E-state index contributed by atoms with van der Waals surface area (Å²) in [7, 11) is 3.53. The van der Waals surface area contributed by atoms with Gasteiger partial charge in [-0.3, -0.25) is 0 Å². The zero-order valence-corrected chi connectivity index (χ0v) is 8.36. The fourth-order valence-corrected chi connectivity index (χ4v) is 1.57. The van der Waals surface area contributed by atoms with Gasteiger partial charge in [-0.25, -0.2) is 4.79 Å². The van der Waals surface area contributed by atoms with Gasteiger partial charge in [-0.15, -0.1) is 0 Å². The molecule has 1 N–H and O–H groups in total. The Morgan fingerprint density at radius 2 is 2.15 bits per heavy atom. The van der Waals surface area contributed by atoms with E-state index in [0.29, 0.717) is 5.92 Å². The van der Waals surface area contributed by atoms with Crippen molar-refractivity contribution in [2.24, 2.45) is 5.92 Å². The van der Waals surface area contributed by atoms with E-state index in [2.05, 4.69) is 0 Å². The largest absolute Gasteiger partial charge is 0.396 e. The molecule has 1 rings (SSSR count). The highest BCUT2D eigenvalue weighted by Crippen LogP contribution is 2.20. The molecule has 1 aliphatic rings. The number of rotatable bonds is 3. The number of hydrogen-bond donors (Lipinski definition) is 1. The van der Waals surface area contributed by atoms with Gasteiger partial charge in [-0.05, 0) is 18.8 Å². The van der Waals surface area contributed by atoms with Crippen LogP contribution >= 0.6 is 0 Å². The minimum Gasteiger partial charge on any atom is -0.396 e. The number of hydrogen-bond acceptors (Lipinski definition) is 2. The van der Waals surface area contributed by atoms with Gasteiger partial charge in [0, 0.05) is 33.8 Å². The molecule has 0 aliphatic carbocycles. The van der Waals surface area contributed by atoms with Gasteiger partial charge in [0.05, 0.1) is 0 Å². The zero-order chi connectivity index (χ0) is 9.84. The van der Waals surface area contributed by atoms with Crippen LogP contribution in [0.5, 0.6) is 0 Å². The summed E-state index contributed by atoms with van der Waals surface area (Å²) in [6, 6.07) is 0.0975. The lowest BCUT2D eigenvalue weighted by atomic mass is 9.95. The van der Waals surface area contributed by atoms with E-state index in [-0.39, 0.29) is 12.6 Å². The summed E-state index contributed by atoms with van der Waals surface area (Å²) in [6.45, 7) is 1.98. The topological polar surface area (TPSA) is 43.8 Å². The maximum Gasteiger partial charge on any atom is 0.319 e. The first-order valence-corrected chi connectivity index (χ1v) is 4.72. The summed E-state index contributed by atoms with van der Waals surface area (Å²) in [5.41, 5.74) is 0. The molecule has 0 spiro atoms. The van der Waals surface area contributed by atoms with E-state index in [1.54, 1.807) is 19.0 Å². The Morgan fingerprint density at radius 3 is 2.62 bits per heavy atom. The van der Waals surface area contributed by atoms with Crippen molar-refractivity contribution in [2.45, 2.75) is 12.8 Å². The lowest BCUT2D eigenvalue weighted by Crippen LogP contribution is -2.53. The molecule has 0 radical (unpaired) electrons. The van der Waals surface area contributed by atoms with Crippen LogP contribution in [0.1, 0.15) is 12.8 Å². The van der Waals surface area contributed by atoms with E-state index in [1.165, 1.54) is 0 Å². The molecule has 0 aromatic rings. The molecule has 1 heterocycles. The van der Waals surface area contributed by atoms with Crippen LogP contribution in [-0.2, 0) is 0 Å². The molecule has 0 atom stereocenters. The first kappa shape index (κ1) is 10.3. The Balaban J connectivity index is 2.14. The van der Waals surface area contributed by atoms with Gasteiger partial charge >= 0.3 is 6.03 Å². The molecule has 0 aromatic heterocycles. The molecular weight excluding hydrogens is 168 g/mol. The van der Waals surface area contributed by atoms with E-state index < -0.39 is 0 Å². The third-order valence-corrected chi connectivity index (χ3v) is 2.38. The molecule has 0 aromatic carbocycles. The molecular formula is C9H18N2O2. The number of urea groups is 1. The number of carbonyl (C=O) groups excluding carboxylic acids is 1. The van der Waals surface area contributed by atoms with Gasteiger partial charge in [-0.1, -0.05) is 0 Å². The molecule has 4 heteroatoms. The maximum absolute atomic E-state index is 11.3. The fraction of sp³-hybridized carbons (Fsp3) is 0.889. The number of aliphatic hydroxyl groups is 1. The molecule has 0 saturated carbocycles. The first-order valence-electron chi connectivity index (χ1n) is 4.72. The molecule has 4 nitrogen and oxygen atoms in total. The number of likely N-dealkylation sites (tertiary alicyclic amines) is 1. The minimum atomic E-state index is 0.0975. The maximum atomic E-state index is 11.3. The average Bonchev–Trinajstić information content (AvgIpc) is 2.01. The summed E-state index contributed by atoms with van der Waals surface area (Å²) in [5.74, 6) is 0.607.